The molecule has 2 rings (SSSR count). The Hall–Kier alpha value is -0.870. The molecular weight excluding hydrogens is 333 g/mol. The molecule has 0 aliphatic carbocycles. The molecule has 2 aromatic rings. The van der Waals surface area contributed by atoms with Crippen molar-refractivity contribution in [3.8, 4) is 0 Å². The van der Waals surface area contributed by atoms with Crippen molar-refractivity contribution in [2.45, 2.75) is 19.4 Å². The molecule has 0 aromatic heterocycles. The third kappa shape index (κ3) is 4.10. The van der Waals surface area contributed by atoms with E-state index in [-0.39, 0.29) is 0 Å². The van der Waals surface area contributed by atoms with Crippen LogP contribution in [-0.2, 0) is 6.42 Å². The molecule has 0 bridgehead atoms. The van der Waals surface area contributed by atoms with Gasteiger partial charge >= 0.3 is 0 Å². The van der Waals surface area contributed by atoms with E-state index in [9.17, 15) is 0 Å². The number of nitrogens with one attached hydrogen (secondary N) is 1. The second-order valence-electron chi connectivity index (χ2n) is 4.46. The summed E-state index contributed by atoms with van der Waals surface area (Å²) in [6.07, 6.45) is 1.08. The van der Waals surface area contributed by atoms with Crippen molar-refractivity contribution in [3.63, 3.8) is 0 Å². The Balaban J connectivity index is 1.81. The van der Waals surface area contributed by atoms with Crippen molar-refractivity contribution in [1.29, 1.82) is 0 Å². The van der Waals surface area contributed by atoms with E-state index < -0.39 is 0 Å². The fraction of sp³-hybridized carbons (Fsp3) is 0.250. The monoisotopic (exact) mass is 351 g/mol. The van der Waals surface area contributed by atoms with Gasteiger partial charge in [0.15, 0.2) is 0 Å². The molecule has 0 saturated carbocycles. The molecule has 0 fully saturated rings. The maximum absolute atomic E-state index is 3.56. The SMILES string of the molecule is CC(NCCc1ccccc1)c1ccc(I)cc1. The fourth-order valence-corrected chi connectivity index (χ4v) is 2.31. The lowest BCUT2D eigenvalue weighted by Gasteiger charge is -2.14. The van der Waals surface area contributed by atoms with Crippen LogP contribution in [0, 0.1) is 3.57 Å². The summed E-state index contributed by atoms with van der Waals surface area (Å²) in [7, 11) is 0. The van der Waals surface area contributed by atoms with E-state index >= 15 is 0 Å². The van der Waals surface area contributed by atoms with Crippen LogP contribution in [-0.4, -0.2) is 6.54 Å². The van der Waals surface area contributed by atoms with Crippen LogP contribution in [0.25, 0.3) is 0 Å². The van der Waals surface area contributed by atoms with Gasteiger partial charge < -0.3 is 5.32 Å². The molecule has 2 heteroatoms. The number of hydrogen-bond acceptors (Lipinski definition) is 1. The second-order valence-corrected chi connectivity index (χ2v) is 5.71. The van der Waals surface area contributed by atoms with Crippen molar-refractivity contribution in [2.24, 2.45) is 0 Å². The summed E-state index contributed by atoms with van der Waals surface area (Å²) in [5.74, 6) is 0. The summed E-state index contributed by atoms with van der Waals surface area (Å²) in [5, 5.41) is 3.56. The minimum Gasteiger partial charge on any atom is -0.310 e. The lowest BCUT2D eigenvalue weighted by Crippen LogP contribution is -2.21. The highest BCUT2D eigenvalue weighted by molar-refractivity contribution is 14.1. The van der Waals surface area contributed by atoms with Crippen LogP contribution in [0.2, 0.25) is 0 Å². The van der Waals surface area contributed by atoms with Gasteiger partial charge in [-0.15, -0.1) is 0 Å². The number of halogens is 1. The zero-order valence-electron chi connectivity index (χ0n) is 10.6. The molecule has 0 spiro atoms. The molecule has 0 aliphatic heterocycles. The van der Waals surface area contributed by atoms with Crippen LogP contribution in [0.3, 0.4) is 0 Å². The number of benzene rings is 2. The molecule has 1 atom stereocenters. The van der Waals surface area contributed by atoms with Gasteiger partial charge in [-0.2, -0.15) is 0 Å². The standard InChI is InChI=1S/C16H18IN/c1-13(15-7-9-16(17)10-8-15)18-12-11-14-5-3-2-4-6-14/h2-10,13,18H,11-12H2,1H3. The van der Waals surface area contributed by atoms with Gasteiger partial charge in [-0.1, -0.05) is 42.5 Å². The molecule has 0 aliphatic rings. The normalized spacial score (nSPS) is 12.3. The van der Waals surface area contributed by atoms with Crippen LogP contribution >= 0.6 is 22.6 Å². The van der Waals surface area contributed by atoms with Crippen molar-refractivity contribution in [2.75, 3.05) is 6.54 Å². The fourth-order valence-electron chi connectivity index (χ4n) is 1.95. The van der Waals surface area contributed by atoms with Crippen LogP contribution in [0.1, 0.15) is 24.1 Å². The first kappa shape index (κ1) is 13.6. The molecule has 1 N–H and O–H groups in total. The summed E-state index contributed by atoms with van der Waals surface area (Å²) in [4.78, 5) is 0. The second kappa shape index (κ2) is 6.90. The third-order valence-electron chi connectivity index (χ3n) is 3.08. The van der Waals surface area contributed by atoms with Gasteiger partial charge in [0.1, 0.15) is 0 Å². The van der Waals surface area contributed by atoms with Gasteiger partial charge in [0.05, 0.1) is 0 Å². The summed E-state index contributed by atoms with van der Waals surface area (Å²) in [5.41, 5.74) is 2.74. The average Bonchev–Trinajstić information content (AvgIpc) is 2.40. The largest absolute Gasteiger partial charge is 0.310 e. The molecule has 0 saturated heterocycles. The molecule has 0 amide bonds. The smallest absolute Gasteiger partial charge is 0.0291 e. The topological polar surface area (TPSA) is 12.0 Å². The summed E-state index contributed by atoms with van der Waals surface area (Å²) >= 11 is 2.34. The lowest BCUT2D eigenvalue weighted by atomic mass is 10.1. The van der Waals surface area contributed by atoms with E-state index in [0.29, 0.717) is 6.04 Å². The maximum atomic E-state index is 3.56. The van der Waals surface area contributed by atoms with Crippen LogP contribution in [0.5, 0.6) is 0 Å². The summed E-state index contributed by atoms with van der Waals surface area (Å²) < 4.78 is 1.29. The zero-order chi connectivity index (χ0) is 12.8. The highest BCUT2D eigenvalue weighted by atomic mass is 127. The number of rotatable bonds is 5. The van der Waals surface area contributed by atoms with Crippen LogP contribution in [0.4, 0.5) is 0 Å². The first-order valence-corrected chi connectivity index (χ1v) is 7.36. The van der Waals surface area contributed by atoms with E-state index in [1.165, 1.54) is 14.7 Å². The zero-order valence-corrected chi connectivity index (χ0v) is 12.7. The van der Waals surface area contributed by atoms with Crippen LogP contribution in [0.15, 0.2) is 54.6 Å². The first-order chi connectivity index (χ1) is 8.75. The Bertz CT molecular complexity index is 464. The molecule has 1 unspecified atom stereocenters. The average molecular weight is 351 g/mol. The van der Waals surface area contributed by atoms with Crippen molar-refractivity contribution in [3.05, 3.63) is 69.3 Å². The quantitative estimate of drug-likeness (QED) is 0.797. The van der Waals surface area contributed by atoms with Crippen LogP contribution < -0.4 is 5.32 Å². The van der Waals surface area contributed by atoms with Crippen molar-refractivity contribution < 1.29 is 0 Å². The van der Waals surface area contributed by atoms with Gasteiger partial charge in [-0.3, -0.25) is 0 Å². The third-order valence-corrected chi connectivity index (χ3v) is 3.80. The Morgan fingerprint density at radius 3 is 2.33 bits per heavy atom. The molecular formula is C16H18IN. The Morgan fingerprint density at radius 1 is 1.00 bits per heavy atom. The Labute approximate surface area is 123 Å². The summed E-state index contributed by atoms with van der Waals surface area (Å²) in [6, 6.07) is 19.7. The summed E-state index contributed by atoms with van der Waals surface area (Å²) in [6.45, 7) is 3.23. The molecule has 2 aromatic carbocycles. The van der Waals surface area contributed by atoms with Gasteiger partial charge in [0.2, 0.25) is 0 Å². The number of hydrogen-bond donors (Lipinski definition) is 1. The minimum atomic E-state index is 0.408. The first-order valence-electron chi connectivity index (χ1n) is 6.28. The predicted octanol–water partition coefficient (Wildman–Crippen LogP) is 4.18. The van der Waals surface area contributed by atoms with Crippen molar-refractivity contribution in [1.82, 2.24) is 5.32 Å². The Morgan fingerprint density at radius 2 is 1.67 bits per heavy atom. The highest BCUT2D eigenvalue weighted by Gasteiger charge is 2.03. The molecule has 0 radical (unpaired) electrons. The van der Waals surface area contributed by atoms with E-state index in [2.05, 4.69) is 89.4 Å². The van der Waals surface area contributed by atoms with E-state index in [1.54, 1.807) is 0 Å². The lowest BCUT2D eigenvalue weighted by molar-refractivity contribution is 0.577. The predicted molar refractivity (Wildman–Crippen MR) is 85.7 cm³/mol. The van der Waals surface area contributed by atoms with Gasteiger partial charge in [0, 0.05) is 9.61 Å². The van der Waals surface area contributed by atoms with E-state index in [4.69, 9.17) is 0 Å². The minimum absolute atomic E-state index is 0.408. The highest BCUT2D eigenvalue weighted by Crippen LogP contribution is 2.14. The van der Waals surface area contributed by atoms with Gasteiger partial charge in [0.25, 0.3) is 0 Å². The van der Waals surface area contributed by atoms with E-state index in [0.717, 1.165) is 13.0 Å². The van der Waals surface area contributed by atoms with Gasteiger partial charge in [-0.25, -0.2) is 0 Å². The molecule has 94 valence electrons. The molecule has 1 nitrogen and oxygen atoms in total. The Kier molecular flexibility index (Phi) is 5.20. The van der Waals surface area contributed by atoms with Crippen molar-refractivity contribution >= 4 is 22.6 Å². The van der Waals surface area contributed by atoms with E-state index in [1.807, 2.05) is 0 Å². The maximum Gasteiger partial charge on any atom is 0.0291 e. The molecule has 0 heterocycles. The molecule has 18 heavy (non-hydrogen) atoms. The van der Waals surface area contributed by atoms with Gasteiger partial charge in [-0.05, 0) is 65.7 Å².